The second kappa shape index (κ2) is 8.00. The summed E-state index contributed by atoms with van der Waals surface area (Å²) in [6.45, 7) is 3.46. The minimum atomic E-state index is -1.17. The molecule has 1 saturated carbocycles. The van der Waals surface area contributed by atoms with Crippen molar-refractivity contribution >= 4 is 17.9 Å². The summed E-state index contributed by atoms with van der Waals surface area (Å²) in [4.78, 5) is 34.1. The van der Waals surface area contributed by atoms with Gasteiger partial charge in [-0.2, -0.15) is 0 Å². The van der Waals surface area contributed by atoms with Gasteiger partial charge in [0.25, 0.3) is 0 Å². The molecule has 0 heterocycles. The Hall–Kier alpha value is -1.59. The van der Waals surface area contributed by atoms with Crippen LogP contribution in [0.15, 0.2) is 0 Å². The van der Waals surface area contributed by atoms with Gasteiger partial charge >= 0.3 is 12.0 Å². The van der Waals surface area contributed by atoms with Crippen molar-refractivity contribution in [1.29, 1.82) is 0 Å². The van der Waals surface area contributed by atoms with E-state index in [0.717, 1.165) is 6.42 Å². The summed E-state index contributed by atoms with van der Waals surface area (Å²) in [7, 11) is 0. The highest BCUT2D eigenvalue weighted by Crippen LogP contribution is 2.25. The van der Waals surface area contributed by atoms with Crippen LogP contribution < -0.4 is 10.6 Å². The molecule has 3 N–H and O–H groups in total. The molecule has 0 spiro atoms. The van der Waals surface area contributed by atoms with Crippen LogP contribution >= 0.6 is 0 Å². The highest BCUT2D eigenvalue weighted by Gasteiger charge is 2.30. The molecule has 3 amide bonds. The number of carbonyl (C=O) groups is 3. The second-order valence-electron chi connectivity index (χ2n) is 6.46. The number of amides is 3. The van der Waals surface area contributed by atoms with Gasteiger partial charge in [-0.1, -0.05) is 32.1 Å². The largest absolute Gasteiger partial charge is 0.481 e. The quantitative estimate of drug-likeness (QED) is 0.701. The average Bonchev–Trinajstić information content (AvgIpc) is 2.38. The predicted octanol–water partition coefficient (Wildman–Crippen LogP) is 2.28. The van der Waals surface area contributed by atoms with E-state index < -0.39 is 23.3 Å². The number of imide groups is 1. The normalized spacial score (nSPS) is 16.3. The minimum absolute atomic E-state index is 0.224. The number of aliphatic carboxylic acids is 1. The number of nitrogens with one attached hydrogen (secondary N) is 2. The molecule has 1 aliphatic rings. The highest BCUT2D eigenvalue weighted by atomic mass is 16.4. The van der Waals surface area contributed by atoms with E-state index in [1.165, 1.54) is 46.0 Å². The number of hydrogen-bond donors (Lipinski definition) is 3. The van der Waals surface area contributed by atoms with Crippen LogP contribution in [0.25, 0.3) is 0 Å². The molecule has 0 atom stereocenters. The summed E-state index contributed by atoms with van der Waals surface area (Å²) in [5.74, 6) is -0.964. The molecule has 0 bridgehead atoms. The van der Waals surface area contributed by atoms with E-state index in [9.17, 15) is 14.4 Å². The third-order valence-corrected chi connectivity index (χ3v) is 4.00. The number of rotatable bonds is 6. The third-order valence-electron chi connectivity index (χ3n) is 4.00. The van der Waals surface area contributed by atoms with E-state index in [1.807, 2.05) is 0 Å². The predicted molar refractivity (Wildman–Crippen MR) is 78.8 cm³/mol. The Morgan fingerprint density at radius 2 is 1.76 bits per heavy atom. The molecule has 0 aromatic heterocycles. The van der Waals surface area contributed by atoms with Crippen LogP contribution in [-0.4, -0.2) is 29.6 Å². The van der Waals surface area contributed by atoms with Gasteiger partial charge in [0.2, 0.25) is 5.91 Å². The van der Waals surface area contributed by atoms with E-state index in [0.29, 0.717) is 12.5 Å². The molecule has 0 unspecified atom stereocenters. The van der Waals surface area contributed by atoms with Crippen molar-refractivity contribution in [2.24, 2.45) is 11.3 Å². The fraction of sp³-hybridized carbons (Fsp3) is 0.800. The zero-order valence-corrected chi connectivity index (χ0v) is 12.9. The summed E-state index contributed by atoms with van der Waals surface area (Å²) in [5, 5.41) is 13.8. The number of hydrogen-bond acceptors (Lipinski definition) is 3. The third kappa shape index (κ3) is 6.60. The van der Waals surface area contributed by atoms with Crippen LogP contribution in [0.4, 0.5) is 4.79 Å². The van der Waals surface area contributed by atoms with Gasteiger partial charge in [0.15, 0.2) is 0 Å². The van der Waals surface area contributed by atoms with Crippen molar-refractivity contribution < 1.29 is 19.5 Å². The van der Waals surface area contributed by atoms with E-state index in [4.69, 9.17) is 5.11 Å². The smallest absolute Gasteiger partial charge is 0.321 e. The van der Waals surface area contributed by atoms with Crippen LogP contribution in [0, 0.1) is 11.3 Å². The van der Waals surface area contributed by atoms with Gasteiger partial charge in [-0.05, 0) is 26.2 Å². The fourth-order valence-corrected chi connectivity index (χ4v) is 2.56. The Morgan fingerprint density at radius 3 is 2.33 bits per heavy atom. The van der Waals surface area contributed by atoms with Gasteiger partial charge in [0.1, 0.15) is 0 Å². The van der Waals surface area contributed by atoms with E-state index >= 15 is 0 Å². The lowest BCUT2D eigenvalue weighted by molar-refractivity contribution is -0.149. The fourth-order valence-electron chi connectivity index (χ4n) is 2.56. The van der Waals surface area contributed by atoms with Crippen LogP contribution in [-0.2, 0) is 9.59 Å². The summed E-state index contributed by atoms with van der Waals surface area (Å²) in [6, 6.07) is -0.544. The molecule has 0 aromatic carbocycles. The Bertz CT molecular complexity index is 387. The van der Waals surface area contributed by atoms with E-state index in [-0.39, 0.29) is 6.42 Å². The first-order valence-corrected chi connectivity index (χ1v) is 7.62. The van der Waals surface area contributed by atoms with E-state index in [2.05, 4.69) is 10.6 Å². The summed E-state index contributed by atoms with van der Waals surface area (Å²) in [6.07, 6.45) is 6.97. The van der Waals surface area contributed by atoms with Gasteiger partial charge in [-0.15, -0.1) is 0 Å². The van der Waals surface area contributed by atoms with Gasteiger partial charge in [-0.3, -0.25) is 14.9 Å². The summed E-state index contributed by atoms with van der Waals surface area (Å²) < 4.78 is 0. The second-order valence-corrected chi connectivity index (χ2v) is 6.46. The van der Waals surface area contributed by atoms with Gasteiger partial charge < -0.3 is 10.4 Å². The van der Waals surface area contributed by atoms with Crippen LogP contribution in [0.2, 0.25) is 0 Å². The maximum absolute atomic E-state index is 11.6. The molecule has 6 nitrogen and oxygen atoms in total. The van der Waals surface area contributed by atoms with Crippen LogP contribution in [0.3, 0.4) is 0 Å². The minimum Gasteiger partial charge on any atom is -0.481 e. The van der Waals surface area contributed by atoms with Gasteiger partial charge in [-0.25, -0.2) is 4.79 Å². The molecule has 1 aliphatic carbocycles. The Labute approximate surface area is 125 Å². The van der Waals surface area contributed by atoms with Crippen LogP contribution in [0.1, 0.15) is 58.8 Å². The molecular formula is C15H26N2O4. The first kappa shape index (κ1) is 17.5. The van der Waals surface area contributed by atoms with Crippen molar-refractivity contribution in [3.63, 3.8) is 0 Å². The van der Waals surface area contributed by atoms with Crippen molar-refractivity contribution in [2.75, 3.05) is 6.54 Å². The molecule has 1 fully saturated rings. The molecule has 21 heavy (non-hydrogen) atoms. The molecule has 120 valence electrons. The Balaban J connectivity index is 2.20. The lowest BCUT2D eigenvalue weighted by Gasteiger charge is -2.21. The Kier molecular flexibility index (Phi) is 6.65. The summed E-state index contributed by atoms with van der Waals surface area (Å²) in [5.41, 5.74) is -1.17. The maximum Gasteiger partial charge on any atom is 0.321 e. The van der Waals surface area contributed by atoms with Crippen LogP contribution in [0.5, 0.6) is 0 Å². The molecule has 0 aliphatic heterocycles. The topological polar surface area (TPSA) is 95.5 Å². The number of carbonyl (C=O) groups excluding carboxylic acids is 2. The van der Waals surface area contributed by atoms with Gasteiger partial charge in [0, 0.05) is 13.0 Å². The van der Waals surface area contributed by atoms with Gasteiger partial charge in [0.05, 0.1) is 5.41 Å². The van der Waals surface area contributed by atoms with Crippen molar-refractivity contribution in [2.45, 2.75) is 58.8 Å². The average molecular weight is 298 g/mol. The van der Waals surface area contributed by atoms with Crippen molar-refractivity contribution in [3.8, 4) is 0 Å². The first-order valence-electron chi connectivity index (χ1n) is 7.62. The molecular weight excluding hydrogens is 272 g/mol. The molecule has 6 heteroatoms. The number of carboxylic acid groups (broad SMARTS) is 1. The lowest BCUT2D eigenvalue weighted by Crippen LogP contribution is -2.42. The summed E-state index contributed by atoms with van der Waals surface area (Å²) >= 11 is 0. The zero-order valence-electron chi connectivity index (χ0n) is 12.9. The number of carboxylic acids is 1. The SMILES string of the molecule is CC(C)(CC(=O)NC(=O)NCCC1CCCCC1)C(=O)O. The number of urea groups is 1. The highest BCUT2D eigenvalue weighted by molar-refractivity contribution is 5.96. The van der Waals surface area contributed by atoms with E-state index in [1.54, 1.807) is 0 Å². The standard InChI is InChI=1S/C15H26N2O4/c1-15(2,13(19)20)10-12(18)17-14(21)16-9-8-11-6-4-3-5-7-11/h11H,3-10H2,1-2H3,(H,19,20)(H2,16,17,18,21). The van der Waals surface area contributed by atoms with Crippen molar-refractivity contribution in [1.82, 2.24) is 10.6 Å². The molecule has 0 radical (unpaired) electrons. The monoisotopic (exact) mass is 298 g/mol. The van der Waals surface area contributed by atoms with Crippen molar-refractivity contribution in [3.05, 3.63) is 0 Å². The zero-order chi connectivity index (χ0) is 15.9. The maximum atomic E-state index is 11.6. The molecule has 0 saturated heterocycles. The Morgan fingerprint density at radius 1 is 1.14 bits per heavy atom. The molecule has 0 aromatic rings. The molecule has 1 rings (SSSR count). The lowest BCUT2D eigenvalue weighted by atomic mass is 9.87. The first-order chi connectivity index (χ1) is 9.81.